The zero-order valence-corrected chi connectivity index (χ0v) is 10.5. The zero-order chi connectivity index (χ0) is 14.8. The molecule has 1 N–H and O–H groups in total. The van der Waals surface area contributed by atoms with Crippen molar-refractivity contribution in [3.8, 4) is 11.3 Å². The lowest BCUT2D eigenvalue weighted by Gasteiger charge is -2.04. The normalized spacial score (nSPS) is 16.9. The van der Waals surface area contributed by atoms with Crippen molar-refractivity contribution in [3.05, 3.63) is 47.9 Å². The first kappa shape index (κ1) is 13.1. The van der Waals surface area contributed by atoms with Crippen molar-refractivity contribution in [1.82, 2.24) is 15.3 Å². The van der Waals surface area contributed by atoms with E-state index in [2.05, 4.69) is 20.4 Å². The van der Waals surface area contributed by atoms with Gasteiger partial charge in [-0.3, -0.25) is 4.79 Å². The highest BCUT2D eigenvalue weighted by molar-refractivity contribution is 5.99. The second kappa shape index (κ2) is 5.23. The molecule has 0 spiro atoms. The minimum absolute atomic E-state index is 0.262. The van der Waals surface area contributed by atoms with Crippen molar-refractivity contribution in [1.29, 1.82) is 0 Å². The number of aromatic nitrogens is 2. The molecule has 0 saturated heterocycles. The summed E-state index contributed by atoms with van der Waals surface area (Å²) in [5, 5.41) is 6.37. The number of carbonyl (C=O) groups excluding carboxylic acids is 1. The molecule has 1 aliphatic rings. The Labute approximate surface area is 117 Å². The highest BCUT2D eigenvalue weighted by atomic mass is 19.2. The zero-order valence-electron chi connectivity index (χ0n) is 10.5. The van der Waals surface area contributed by atoms with Crippen LogP contribution in [0.5, 0.6) is 0 Å². The largest absolute Gasteiger partial charge is 0.361 e. The van der Waals surface area contributed by atoms with Gasteiger partial charge in [0.2, 0.25) is 0 Å². The molecule has 8 heteroatoms. The number of hydrogen-bond acceptors (Lipinski definition) is 6. The standard InChI is InChI=1S/C13H8F2N4O2/c14-8-2-1-7(3-9(8)15)10-4-11(17-6-16-10)13-18-12(5-20)21-19-13/h1-6,12H,(H,18,19). The third kappa shape index (κ3) is 2.55. The number of carbonyl (C=O) groups is 1. The predicted molar refractivity (Wildman–Crippen MR) is 68.0 cm³/mol. The van der Waals surface area contributed by atoms with Crippen LogP contribution >= 0.6 is 0 Å². The average molecular weight is 290 g/mol. The van der Waals surface area contributed by atoms with E-state index in [1.165, 1.54) is 18.5 Å². The van der Waals surface area contributed by atoms with Crippen LogP contribution in [0.4, 0.5) is 8.78 Å². The molecule has 3 rings (SSSR count). The summed E-state index contributed by atoms with van der Waals surface area (Å²) in [6.45, 7) is 0. The molecule has 1 aliphatic heterocycles. The smallest absolute Gasteiger partial charge is 0.254 e. The van der Waals surface area contributed by atoms with Gasteiger partial charge in [0.25, 0.3) is 6.23 Å². The van der Waals surface area contributed by atoms with E-state index < -0.39 is 17.9 Å². The molecule has 6 nitrogen and oxygen atoms in total. The lowest BCUT2D eigenvalue weighted by Crippen LogP contribution is -2.31. The molecule has 0 saturated carbocycles. The molecule has 0 bridgehead atoms. The fourth-order valence-electron chi connectivity index (χ4n) is 1.78. The first-order valence-corrected chi connectivity index (χ1v) is 5.91. The Bertz CT molecular complexity index is 736. The summed E-state index contributed by atoms with van der Waals surface area (Å²) in [4.78, 5) is 23.3. The summed E-state index contributed by atoms with van der Waals surface area (Å²) in [6, 6.07) is 4.98. The second-order valence-electron chi connectivity index (χ2n) is 4.16. The molecule has 106 valence electrons. The molecule has 1 aromatic heterocycles. The SMILES string of the molecule is O=CC1NC(c2cc(-c3ccc(F)c(F)c3)ncn2)=NO1. The summed E-state index contributed by atoms with van der Waals surface area (Å²) in [5.74, 6) is -1.64. The van der Waals surface area contributed by atoms with E-state index in [-0.39, 0.29) is 5.84 Å². The molecule has 2 heterocycles. The van der Waals surface area contributed by atoms with Crippen molar-refractivity contribution in [2.24, 2.45) is 5.16 Å². The van der Waals surface area contributed by atoms with Gasteiger partial charge in [-0.15, -0.1) is 0 Å². The van der Waals surface area contributed by atoms with Crippen LogP contribution in [0.25, 0.3) is 11.3 Å². The summed E-state index contributed by atoms with van der Waals surface area (Å²) in [6.07, 6.45) is 0.944. The van der Waals surface area contributed by atoms with Gasteiger partial charge >= 0.3 is 0 Å². The Morgan fingerprint density at radius 3 is 2.67 bits per heavy atom. The fraction of sp³-hybridized carbons (Fsp3) is 0.0769. The highest BCUT2D eigenvalue weighted by Crippen LogP contribution is 2.20. The second-order valence-corrected chi connectivity index (χ2v) is 4.16. The molecule has 1 unspecified atom stereocenters. The molecular weight excluding hydrogens is 282 g/mol. The number of benzene rings is 1. The fourth-order valence-corrected chi connectivity index (χ4v) is 1.78. The molecule has 1 aromatic carbocycles. The van der Waals surface area contributed by atoms with Gasteiger partial charge in [0.15, 0.2) is 23.8 Å². The van der Waals surface area contributed by atoms with Crippen molar-refractivity contribution < 1.29 is 18.4 Å². The van der Waals surface area contributed by atoms with Gasteiger partial charge in [-0.25, -0.2) is 18.7 Å². The molecule has 0 amide bonds. The number of amidine groups is 1. The Kier molecular flexibility index (Phi) is 3.27. The average Bonchev–Trinajstić information content (AvgIpc) is 2.99. The van der Waals surface area contributed by atoms with Crippen LogP contribution < -0.4 is 5.32 Å². The van der Waals surface area contributed by atoms with Crippen LogP contribution in [0, 0.1) is 11.6 Å². The molecule has 0 aliphatic carbocycles. The number of oxime groups is 1. The number of nitrogens with one attached hydrogen (secondary N) is 1. The van der Waals surface area contributed by atoms with Gasteiger partial charge in [0.05, 0.1) is 5.69 Å². The van der Waals surface area contributed by atoms with Crippen LogP contribution in [0.2, 0.25) is 0 Å². The molecule has 0 fully saturated rings. The number of nitrogens with zero attached hydrogens (tertiary/aromatic N) is 3. The quantitative estimate of drug-likeness (QED) is 0.860. The van der Waals surface area contributed by atoms with E-state index in [4.69, 9.17) is 4.84 Å². The van der Waals surface area contributed by atoms with E-state index in [9.17, 15) is 13.6 Å². The minimum atomic E-state index is -0.964. The number of hydrogen-bond donors (Lipinski definition) is 1. The summed E-state index contributed by atoms with van der Waals surface area (Å²) >= 11 is 0. The summed E-state index contributed by atoms with van der Waals surface area (Å²) < 4.78 is 26.2. The first-order valence-electron chi connectivity index (χ1n) is 5.91. The van der Waals surface area contributed by atoms with Crippen LogP contribution in [0.3, 0.4) is 0 Å². The molecule has 0 radical (unpaired) electrons. The monoisotopic (exact) mass is 290 g/mol. The molecule has 21 heavy (non-hydrogen) atoms. The van der Waals surface area contributed by atoms with E-state index in [1.807, 2.05) is 0 Å². The van der Waals surface area contributed by atoms with E-state index in [1.54, 1.807) is 0 Å². The Morgan fingerprint density at radius 1 is 1.14 bits per heavy atom. The highest BCUT2D eigenvalue weighted by Gasteiger charge is 2.21. The van der Waals surface area contributed by atoms with Crippen molar-refractivity contribution >= 4 is 12.1 Å². The lowest BCUT2D eigenvalue weighted by molar-refractivity contribution is -0.117. The van der Waals surface area contributed by atoms with Crippen molar-refractivity contribution in [2.75, 3.05) is 0 Å². The Hall–Kier alpha value is -2.90. The maximum absolute atomic E-state index is 13.3. The van der Waals surface area contributed by atoms with E-state index in [0.29, 0.717) is 23.2 Å². The maximum Gasteiger partial charge on any atom is 0.254 e. The summed E-state index contributed by atoms with van der Waals surface area (Å²) in [7, 11) is 0. The maximum atomic E-state index is 13.3. The van der Waals surface area contributed by atoms with Gasteiger partial charge in [-0.05, 0) is 24.3 Å². The van der Waals surface area contributed by atoms with E-state index >= 15 is 0 Å². The van der Waals surface area contributed by atoms with Crippen molar-refractivity contribution in [2.45, 2.75) is 6.23 Å². The van der Waals surface area contributed by atoms with Crippen LogP contribution in [-0.2, 0) is 9.63 Å². The number of rotatable bonds is 3. The molecule has 1 atom stereocenters. The van der Waals surface area contributed by atoms with Crippen LogP contribution in [0.1, 0.15) is 5.69 Å². The third-order valence-electron chi connectivity index (χ3n) is 2.79. The third-order valence-corrected chi connectivity index (χ3v) is 2.79. The van der Waals surface area contributed by atoms with Crippen LogP contribution in [0.15, 0.2) is 35.7 Å². The number of aldehydes is 1. The molecular formula is C13H8F2N4O2. The summed E-state index contributed by atoms with van der Waals surface area (Å²) in [5.41, 5.74) is 1.15. The topological polar surface area (TPSA) is 76.5 Å². The predicted octanol–water partition coefficient (Wildman–Crippen LogP) is 1.23. The Morgan fingerprint density at radius 2 is 1.95 bits per heavy atom. The van der Waals surface area contributed by atoms with Gasteiger partial charge in [0.1, 0.15) is 12.0 Å². The Balaban J connectivity index is 1.93. The van der Waals surface area contributed by atoms with Crippen molar-refractivity contribution in [3.63, 3.8) is 0 Å². The number of halogens is 2. The first-order chi connectivity index (χ1) is 10.2. The minimum Gasteiger partial charge on any atom is -0.361 e. The molecule has 2 aromatic rings. The van der Waals surface area contributed by atoms with Gasteiger partial charge in [-0.2, -0.15) is 0 Å². The van der Waals surface area contributed by atoms with E-state index in [0.717, 1.165) is 12.1 Å². The lowest BCUT2D eigenvalue weighted by atomic mass is 10.1. The van der Waals surface area contributed by atoms with Gasteiger partial charge < -0.3 is 10.2 Å². The van der Waals surface area contributed by atoms with Gasteiger partial charge in [0, 0.05) is 5.56 Å². The van der Waals surface area contributed by atoms with Gasteiger partial charge in [-0.1, -0.05) is 5.16 Å². The van der Waals surface area contributed by atoms with Crippen LogP contribution in [-0.4, -0.2) is 28.3 Å².